The lowest BCUT2D eigenvalue weighted by molar-refractivity contribution is -0.127. The van der Waals surface area contributed by atoms with Gasteiger partial charge >= 0.3 is 0 Å². The Morgan fingerprint density at radius 3 is 2.78 bits per heavy atom. The molecule has 1 amide bonds. The summed E-state index contributed by atoms with van der Waals surface area (Å²) < 4.78 is 5.65. The molecule has 18 heavy (non-hydrogen) atoms. The van der Waals surface area contributed by atoms with Crippen molar-refractivity contribution in [3.05, 3.63) is 28.8 Å². The molecule has 0 aromatic heterocycles. The van der Waals surface area contributed by atoms with E-state index in [1.807, 2.05) is 13.0 Å². The molecule has 5 heteroatoms. The van der Waals surface area contributed by atoms with Crippen LogP contribution in [0.3, 0.4) is 0 Å². The number of carbonyl (C=O) groups excluding carboxylic acids is 1. The third-order valence-electron chi connectivity index (χ3n) is 3.09. The summed E-state index contributed by atoms with van der Waals surface area (Å²) in [4.78, 5) is 11.8. The van der Waals surface area contributed by atoms with Crippen LogP contribution in [0.2, 0.25) is 0 Å². The molecule has 1 aliphatic heterocycles. The Balaban J connectivity index is 0.00000162. The highest BCUT2D eigenvalue weighted by molar-refractivity contribution is 5.85. The zero-order chi connectivity index (χ0) is 12.4. The van der Waals surface area contributed by atoms with Crippen molar-refractivity contribution in [2.75, 3.05) is 13.1 Å². The maximum Gasteiger partial charge on any atom is 0.261 e. The zero-order valence-electron chi connectivity index (χ0n) is 10.7. The summed E-state index contributed by atoms with van der Waals surface area (Å²) in [5.41, 5.74) is 8.87. The number of aryl methyl sites for hydroxylation is 2. The maximum atomic E-state index is 11.8. The van der Waals surface area contributed by atoms with E-state index in [9.17, 15) is 4.79 Å². The van der Waals surface area contributed by atoms with Crippen LogP contribution in [0.4, 0.5) is 0 Å². The van der Waals surface area contributed by atoms with Gasteiger partial charge in [-0.15, -0.1) is 12.4 Å². The van der Waals surface area contributed by atoms with E-state index in [-0.39, 0.29) is 18.3 Å². The molecule has 1 aromatic rings. The fraction of sp³-hybridized carbons (Fsp3) is 0.462. The van der Waals surface area contributed by atoms with Crippen molar-refractivity contribution in [1.82, 2.24) is 5.32 Å². The topological polar surface area (TPSA) is 64.3 Å². The molecule has 1 aliphatic rings. The fourth-order valence-corrected chi connectivity index (χ4v) is 1.97. The second-order valence-corrected chi connectivity index (χ2v) is 4.43. The summed E-state index contributed by atoms with van der Waals surface area (Å²) >= 11 is 0. The van der Waals surface area contributed by atoms with Gasteiger partial charge in [0.05, 0.1) is 0 Å². The number of fused-ring (bicyclic) bond motifs is 1. The molecule has 1 atom stereocenters. The van der Waals surface area contributed by atoms with Crippen LogP contribution in [0.1, 0.15) is 16.7 Å². The number of amides is 1. The molecule has 0 fully saturated rings. The number of benzene rings is 1. The van der Waals surface area contributed by atoms with Gasteiger partial charge in [-0.3, -0.25) is 4.79 Å². The minimum Gasteiger partial charge on any atom is -0.480 e. The number of hydrogen-bond donors (Lipinski definition) is 2. The normalized spacial score (nSPS) is 16.5. The number of halogens is 1. The molecule has 100 valence electrons. The van der Waals surface area contributed by atoms with E-state index in [1.54, 1.807) is 0 Å². The Hall–Kier alpha value is -1.26. The van der Waals surface area contributed by atoms with Gasteiger partial charge < -0.3 is 15.8 Å². The van der Waals surface area contributed by atoms with E-state index >= 15 is 0 Å². The van der Waals surface area contributed by atoms with Gasteiger partial charge in [0.15, 0.2) is 6.10 Å². The monoisotopic (exact) mass is 270 g/mol. The molecule has 0 aliphatic carbocycles. The van der Waals surface area contributed by atoms with Crippen LogP contribution in [0.5, 0.6) is 5.75 Å². The van der Waals surface area contributed by atoms with Crippen LogP contribution in [0.15, 0.2) is 12.1 Å². The Morgan fingerprint density at radius 1 is 1.44 bits per heavy atom. The summed E-state index contributed by atoms with van der Waals surface area (Å²) in [6.45, 7) is 5.05. The lowest BCUT2D eigenvalue weighted by Crippen LogP contribution is -2.39. The van der Waals surface area contributed by atoms with Gasteiger partial charge in [0, 0.05) is 19.5 Å². The van der Waals surface area contributed by atoms with Crippen LogP contribution in [-0.4, -0.2) is 25.1 Å². The third-order valence-corrected chi connectivity index (χ3v) is 3.09. The number of nitrogens with two attached hydrogens (primary N) is 1. The van der Waals surface area contributed by atoms with E-state index in [2.05, 4.69) is 18.3 Å². The summed E-state index contributed by atoms with van der Waals surface area (Å²) in [6, 6.07) is 4.10. The number of rotatable bonds is 3. The Kier molecular flexibility index (Phi) is 4.99. The molecule has 4 nitrogen and oxygen atoms in total. The van der Waals surface area contributed by atoms with Crippen LogP contribution < -0.4 is 15.8 Å². The van der Waals surface area contributed by atoms with Crippen molar-refractivity contribution in [2.45, 2.75) is 26.4 Å². The second kappa shape index (κ2) is 6.07. The standard InChI is InChI=1S/C13H18N2O2.ClH/c1-8-5-10-7-12(13(16)15-4-3-14)17-11(10)6-9(8)2;/h5-6,12H,3-4,7,14H2,1-2H3,(H,15,16);1H. The van der Waals surface area contributed by atoms with Crippen molar-refractivity contribution >= 4 is 18.3 Å². The van der Waals surface area contributed by atoms with Crippen molar-refractivity contribution in [2.24, 2.45) is 5.73 Å². The minimum absolute atomic E-state index is 0. The van der Waals surface area contributed by atoms with Gasteiger partial charge in [0.25, 0.3) is 5.91 Å². The molecular weight excluding hydrogens is 252 g/mol. The fourth-order valence-electron chi connectivity index (χ4n) is 1.97. The Labute approximate surface area is 113 Å². The van der Waals surface area contributed by atoms with Gasteiger partial charge in [-0.25, -0.2) is 0 Å². The number of carbonyl (C=O) groups is 1. The molecule has 1 unspecified atom stereocenters. The lowest BCUT2D eigenvalue weighted by Gasteiger charge is -2.10. The molecule has 1 heterocycles. The van der Waals surface area contributed by atoms with E-state index in [0.717, 1.165) is 11.3 Å². The maximum absolute atomic E-state index is 11.8. The highest BCUT2D eigenvalue weighted by Crippen LogP contribution is 2.31. The molecule has 0 bridgehead atoms. The van der Waals surface area contributed by atoms with Crippen molar-refractivity contribution in [3.63, 3.8) is 0 Å². The molecule has 0 saturated carbocycles. The van der Waals surface area contributed by atoms with Crippen LogP contribution in [-0.2, 0) is 11.2 Å². The minimum atomic E-state index is -0.405. The molecule has 0 spiro atoms. The summed E-state index contributed by atoms with van der Waals surface area (Å²) in [5, 5.41) is 2.75. The first kappa shape index (κ1) is 14.8. The molecular formula is C13H19ClN2O2. The smallest absolute Gasteiger partial charge is 0.261 e. The predicted molar refractivity (Wildman–Crippen MR) is 73.3 cm³/mol. The van der Waals surface area contributed by atoms with Gasteiger partial charge in [-0.1, -0.05) is 6.07 Å². The number of nitrogens with one attached hydrogen (secondary N) is 1. The van der Waals surface area contributed by atoms with Crippen LogP contribution >= 0.6 is 12.4 Å². The predicted octanol–water partition coefficient (Wildman–Crippen LogP) is 1.10. The average molecular weight is 271 g/mol. The average Bonchev–Trinajstić information content (AvgIpc) is 2.69. The first-order valence-corrected chi connectivity index (χ1v) is 5.86. The summed E-state index contributed by atoms with van der Waals surface area (Å²) in [5.74, 6) is 0.753. The second-order valence-electron chi connectivity index (χ2n) is 4.43. The van der Waals surface area contributed by atoms with Gasteiger partial charge in [0.1, 0.15) is 5.75 Å². The number of ether oxygens (including phenoxy) is 1. The van der Waals surface area contributed by atoms with Crippen LogP contribution in [0, 0.1) is 13.8 Å². The molecule has 3 N–H and O–H groups in total. The van der Waals surface area contributed by atoms with Gasteiger partial charge in [-0.2, -0.15) is 0 Å². The SMILES string of the molecule is Cc1cc2c(cc1C)OC(C(=O)NCCN)C2.Cl. The van der Waals surface area contributed by atoms with E-state index in [0.29, 0.717) is 19.5 Å². The molecule has 1 aromatic carbocycles. The first-order chi connectivity index (χ1) is 8.11. The largest absolute Gasteiger partial charge is 0.480 e. The highest BCUT2D eigenvalue weighted by Gasteiger charge is 2.29. The summed E-state index contributed by atoms with van der Waals surface area (Å²) in [7, 11) is 0. The molecule has 0 saturated heterocycles. The third kappa shape index (κ3) is 2.94. The molecule has 2 rings (SSSR count). The van der Waals surface area contributed by atoms with E-state index < -0.39 is 6.10 Å². The van der Waals surface area contributed by atoms with Gasteiger partial charge in [-0.05, 0) is 36.6 Å². The zero-order valence-corrected chi connectivity index (χ0v) is 11.5. The summed E-state index contributed by atoms with van der Waals surface area (Å²) in [6.07, 6.45) is 0.241. The quantitative estimate of drug-likeness (QED) is 0.865. The van der Waals surface area contributed by atoms with Crippen LogP contribution in [0.25, 0.3) is 0 Å². The Morgan fingerprint density at radius 2 is 2.11 bits per heavy atom. The van der Waals surface area contributed by atoms with Gasteiger partial charge in [0.2, 0.25) is 0 Å². The van der Waals surface area contributed by atoms with Crippen molar-refractivity contribution in [1.29, 1.82) is 0 Å². The highest BCUT2D eigenvalue weighted by atomic mass is 35.5. The van der Waals surface area contributed by atoms with E-state index in [4.69, 9.17) is 10.5 Å². The Bertz CT molecular complexity index is 418. The number of hydrogen-bond acceptors (Lipinski definition) is 3. The first-order valence-electron chi connectivity index (χ1n) is 5.86. The van der Waals surface area contributed by atoms with Crippen molar-refractivity contribution < 1.29 is 9.53 Å². The molecule has 0 radical (unpaired) electrons. The van der Waals surface area contributed by atoms with Crippen molar-refractivity contribution in [3.8, 4) is 5.75 Å². The van der Waals surface area contributed by atoms with E-state index in [1.165, 1.54) is 11.1 Å². The lowest BCUT2D eigenvalue weighted by atomic mass is 10.0.